The van der Waals surface area contributed by atoms with Crippen LogP contribution in [-0.4, -0.2) is 71.2 Å². The van der Waals surface area contributed by atoms with Crippen LogP contribution >= 0.6 is 21.6 Å². The lowest BCUT2D eigenvalue weighted by molar-refractivity contribution is -0.186. The van der Waals surface area contributed by atoms with Crippen LogP contribution < -0.4 is 26.7 Å². The summed E-state index contributed by atoms with van der Waals surface area (Å²) in [4.78, 5) is 42.6. The van der Waals surface area contributed by atoms with Crippen molar-refractivity contribution in [1.29, 1.82) is 0 Å². The van der Waals surface area contributed by atoms with Gasteiger partial charge in [0.25, 0.3) is 0 Å². The molecule has 5 unspecified atom stereocenters. The average molecular weight is 745 g/mol. The minimum atomic E-state index is -1.12. The summed E-state index contributed by atoms with van der Waals surface area (Å²) in [7, 11) is 5.86. The number of rotatable bonds is 4. The molecule has 8 rings (SSSR count). The van der Waals surface area contributed by atoms with E-state index in [0.717, 1.165) is 53.8 Å². The lowest BCUT2D eigenvalue weighted by atomic mass is 9.61. The monoisotopic (exact) mass is 744 g/mol. The zero-order valence-corrected chi connectivity index (χ0v) is 32.0. The highest BCUT2D eigenvalue weighted by molar-refractivity contribution is 8.77. The first-order valence-corrected chi connectivity index (χ1v) is 20.8. The van der Waals surface area contributed by atoms with Crippen molar-refractivity contribution >= 4 is 44.4 Å². The summed E-state index contributed by atoms with van der Waals surface area (Å²) in [5, 5.41) is 7.52. The molecule has 4 N–H and O–H groups in total. The molecular weight excluding hydrogens is 697 g/mol. The molecule has 1 aromatic heterocycles. The third-order valence-electron chi connectivity index (χ3n) is 12.4. The van der Waals surface area contributed by atoms with Crippen LogP contribution in [0.4, 0.5) is 0 Å². The second kappa shape index (κ2) is 13.4. The Morgan fingerprint density at radius 1 is 1.23 bits per heavy atom. The number of esters is 1. The van der Waals surface area contributed by atoms with Crippen molar-refractivity contribution in [2.45, 2.75) is 87.7 Å². The average Bonchev–Trinajstić information content (AvgIpc) is 3.72. The summed E-state index contributed by atoms with van der Waals surface area (Å²) in [6.45, 7) is 7.65. The largest absolute Gasteiger partial charge is 0.481 e. The molecule has 2 aromatic rings. The number of fused-ring (bicyclic) bond motifs is 7. The molecule has 0 radical (unpaired) electrons. The molecule has 5 atom stereocenters. The first kappa shape index (κ1) is 35.4. The third-order valence-corrected chi connectivity index (χ3v) is 15.7. The van der Waals surface area contributed by atoms with Gasteiger partial charge in [0.1, 0.15) is 11.3 Å². The van der Waals surface area contributed by atoms with Crippen molar-refractivity contribution < 1.29 is 23.5 Å². The van der Waals surface area contributed by atoms with Gasteiger partial charge in [-0.05, 0) is 75.6 Å². The number of ether oxygens (including phenoxy) is 2. The summed E-state index contributed by atoms with van der Waals surface area (Å²) < 4.78 is 19.4. The quantitative estimate of drug-likeness (QED) is 0.120. The maximum atomic E-state index is 14.5. The molecule has 12 heteroatoms. The van der Waals surface area contributed by atoms with E-state index < -0.39 is 28.7 Å². The van der Waals surface area contributed by atoms with Gasteiger partial charge in [-0.15, -0.1) is 0 Å². The minimum absolute atomic E-state index is 0.00770. The summed E-state index contributed by atoms with van der Waals surface area (Å²) in [6.07, 6.45) is 11.7. The topological polar surface area (TPSA) is 136 Å². The molecular formula is C40H48N4O6S2. The molecule has 1 saturated carbocycles. The number of dihydropyridines is 1. The number of nitrogens with zero attached hydrogens (tertiary/aromatic N) is 1. The van der Waals surface area contributed by atoms with Gasteiger partial charge < -0.3 is 35.2 Å². The van der Waals surface area contributed by atoms with Gasteiger partial charge in [0, 0.05) is 72.0 Å². The zero-order valence-electron chi connectivity index (χ0n) is 30.3. The molecule has 52 heavy (non-hydrogen) atoms. The smallest absolute Gasteiger partial charge is 0.336 e. The molecule has 5 heterocycles. The Kier molecular flexibility index (Phi) is 9.10. The molecule has 6 aliphatic rings. The van der Waals surface area contributed by atoms with Crippen LogP contribution in [-0.2, 0) is 20.7 Å². The second-order valence-electron chi connectivity index (χ2n) is 15.5. The fraction of sp³-hybridized carbons (Fsp3) is 0.525. The van der Waals surface area contributed by atoms with Gasteiger partial charge in [0.15, 0.2) is 11.2 Å². The number of carbonyl (C=O) groups excluding carboxylic acids is 2. The fourth-order valence-electron chi connectivity index (χ4n) is 9.67. The standard InChI is InChI=1S/C40H48N4O6S2/c1-5-23(2)37(47)50-38(3)13-10-25-22-51-52-39(11-6-7-12-39)36-28(19-42-4)21-44(36)33(45)15-27-20-43-32(41)16-29(27)35(25)40(38)18-26-14-24-8-9-34(46)48-30(24)17-31(26)49-40/h5,8-10,14,16-17,28,35-36,42-43H,6-7,11-13,15,18-22,41H2,1-4H3. The van der Waals surface area contributed by atoms with Crippen molar-refractivity contribution in [3.05, 3.63) is 86.6 Å². The van der Waals surface area contributed by atoms with Gasteiger partial charge >= 0.3 is 11.6 Å². The lowest BCUT2D eigenvalue weighted by Crippen LogP contribution is -2.68. The van der Waals surface area contributed by atoms with E-state index >= 15 is 0 Å². The Morgan fingerprint density at radius 2 is 2.04 bits per heavy atom. The summed E-state index contributed by atoms with van der Waals surface area (Å²) in [5.74, 6) is 1.62. The molecule has 276 valence electrons. The Balaban J connectivity index is 1.30. The number of allylic oxidation sites excluding steroid dienone is 2. The van der Waals surface area contributed by atoms with Crippen LogP contribution in [0.2, 0.25) is 0 Å². The van der Waals surface area contributed by atoms with Gasteiger partial charge in [-0.3, -0.25) is 4.79 Å². The van der Waals surface area contributed by atoms with Crippen molar-refractivity contribution in [2.75, 3.05) is 32.4 Å². The van der Waals surface area contributed by atoms with Crippen molar-refractivity contribution in [3.63, 3.8) is 0 Å². The van der Waals surface area contributed by atoms with Crippen LogP contribution in [0.25, 0.3) is 11.0 Å². The Bertz CT molecular complexity index is 2010. The molecule has 10 nitrogen and oxygen atoms in total. The van der Waals surface area contributed by atoms with Crippen LogP contribution in [0.1, 0.15) is 64.9 Å². The lowest BCUT2D eigenvalue weighted by Gasteiger charge is -2.56. The highest BCUT2D eigenvalue weighted by atomic mass is 33.1. The Labute approximate surface area is 312 Å². The summed E-state index contributed by atoms with van der Waals surface area (Å²) in [6, 6.07) is 7.18. The molecule has 4 aliphatic heterocycles. The molecule has 1 aromatic carbocycles. The van der Waals surface area contributed by atoms with Gasteiger partial charge in [-0.1, -0.05) is 52.2 Å². The van der Waals surface area contributed by atoms with E-state index in [1.807, 2.05) is 54.6 Å². The van der Waals surface area contributed by atoms with Gasteiger partial charge in [0.05, 0.1) is 24.2 Å². The van der Waals surface area contributed by atoms with E-state index in [-0.39, 0.29) is 23.1 Å². The van der Waals surface area contributed by atoms with Crippen LogP contribution in [0, 0.1) is 11.8 Å². The van der Waals surface area contributed by atoms with Crippen molar-refractivity contribution in [1.82, 2.24) is 15.5 Å². The highest BCUT2D eigenvalue weighted by Gasteiger charge is 2.64. The fourth-order valence-corrected chi connectivity index (χ4v) is 13.3. The number of hydrogen-bond donors (Lipinski definition) is 3. The zero-order chi connectivity index (χ0) is 36.4. The number of amides is 1. The first-order valence-electron chi connectivity index (χ1n) is 18.5. The molecule has 2 spiro atoms. The number of carbonyl (C=O) groups is 2. The molecule has 2 fully saturated rings. The number of hydrogen-bond acceptors (Lipinski definition) is 11. The first-order chi connectivity index (χ1) is 25.0. The third kappa shape index (κ3) is 5.71. The van der Waals surface area contributed by atoms with E-state index in [1.165, 1.54) is 24.5 Å². The normalized spacial score (nSPS) is 31.2. The van der Waals surface area contributed by atoms with Crippen LogP contribution in [0.3, 0.4) is 0 Å². The van der Waals surface area contributed by atoms with Crippen LogP contribution in [0.5, 0.6) is 5.75 Å². The van der Waals surface area contributed by atoms with E-state index in [2.05, 4.69) is 21.6 Å². The van der Waals surface area contributed by atoms with Crippen molar-refractivity contribution in [3.8, 4) is 5.75 Å². The Morgan fingerprint density at radius 3 is 2.81 bits per heavy atom. The second-order valence-corrected chi connectivity index (χ2v) is 18.3. The van der Waals surface area contributed by atoms with Crippen molar-refractivity contribution in [2.24, 2.45) is 17.6 Å². The molecule has 0 bridgehead atoms. The van der Waals surface area contributed by atoms with Crippen LogP contribution in [0.15, 0.2) is 79.8 Å². The SMILES string of the molecule is CC=C(C)C(=O)OC1(C)CC=C2CSSC3(CCCC3)C3C(CNC)CN3C(=O)CC3=C(C=C(N)NC3)C2C12Cc1cc3ccc(=O)oc3cc1O2. The summed E-state index contributed by atoms with van der Waals surface area (Å²) >= 11 is 0. The molecule has 1 amide bonds. The van der Waals surface area contributed by atoms with Gasteiger partial charge in [-0.2, -0.15) is 0 Å². The van der Waals surface area contributed by atoms with Gasteiger partial charge in [-0.25, -0.2) is 9.59 Å². The van der Waals surface area contributed by atoms with E-state index in [0.29, 0.717) is 48.0 Å². The van der Waals surface area contributed by atoms with Gasteiger partial charge in [0.2, 0.25) is 5.91 Å². The summed E-state index contributed by atoms with van der Waals surface area (Å²) in [5.41, 5.74) is 8.89. The van der Waals surface area contributed by atoms with E-state index in [9.17, 15) is 14.4 Å². The van der Waals surface area contributed by atoms with E-state index in [1.54, 1.807) is 25.1 Å². The number of nitrogens with one attached hydrogen (secondary N) is 2. The highest BCUT2D eigenvalue weighted by Crippen LogP contribution is 2.60. The molecule has 1 saturated heterocycles. The Hall–Kier alpha value is -3.61. The maximum absolute atomic E-state index is 14.5. The van der Waals surface area contributed by atoms with E-state index in [4.69, 9.17) is 19.6 Å². The minimum Gasteiger partial charge on any atom is -0.481 e. The number of benzene rings is 1. The predicted octanol–water partition coefficient (Wildman–Crippen LogP) is 5.53. The predicted molar refractivity (Wildman–Crippen MR) is 206 cm³/mol. The molecule has 2 aliphatic carbocycles. The number of nitrogens with two attached hydrogens (primary N) is 1. The maximum Gasteiger partial charge on any atom is 0.336 e.